The fourth-order valence-corrected chi connectivity index (χ4v) is 5.42. The van der Waals surface area contributed by atoms with Gasteiger partial charge in [0.05, 0.1) is 6.10 Å². The Balaban J connectivity index is 1.96. The number of aliphatic hydroxyl groups excluding tert-OH is 1. The van der Waals surface area contributed by atoms with E-state index in [0.29, 0.717) is 44.6 Å². The average Bonchev–Trinajstić information content (AvgIpc) is 2.94. The molecule has 3 rings (SSSR count). The zero-order chi connectivity index (χ0) is 31.2. The van der Waals surface area contributed by atoms with Gasteiger partial charge in [0.1, 0.15) is 23.9 Å². The quantitative estimate of drug-likeness (QED) is 0.386. The molecular weight excluding hydrogens is 542 g/mol. The van der Waals surface area contributed by atoms with Crippen LogP contribution >= 0.6 is 0 Å². The Hall–Kier alpha value is -3.67. The van der Waals surface area contributed by atoms with Crippen LogP contribution in [0, 0.1) is 11.3 Å². The molecule has 0 saturated carbocycles. The van der Waals surface area contributed by atoms with Crippen LogP contribution in [-0.4, -0.2) is 102 Å². The smallest absolute Gasteiger partial charge is 0.258 e. The summed E-state index contributed by atoms with van der Waals surface area (Å²) >= 11 is 0. The van der Waals surface area contributed by atoms with Crippen LogP contribution in [0.4, 0.5) is 0 Å². The predicted molar refractivity (Wildman–Crippen MR) is 155 cm³/mol. The van der Waals surface area contributed by atoms with Gasteiger partial charge >= 0.3 is 0 Å². The highest BCUT2D eigenvalue weighted by atomic mass is 16.5. The van der Waals surface area contributed by atoms with Crippen LogP contribution in [0.2, 0.25) is 0 Å². The van der Waals surface area contributed by atoms with E-state index in [-0.39, 0.29) is 29.8 Å². The van der Waals surface area contributed by atoms with Crippen molar-refractivity contribution in [2.75, 3.05) is 33.3 Å². The van der Waals surface area contributed by atoms with Gasteiger partial charge in [0, 0.05) is 33.6 Å². The van der Waals surface area contributed by atoms with E-state index in [1.54, 1.807) is 17.9 Å². The van der Waals surface area contributed by atoms with Gasteiger partial charge in [-0.05, 0) is 62.1 Å². The first-order chi connectivity index (χ1) is 19.7. The molecule has 1 fully saturated rings. The van der Waals surface area contributed by atoms with Crippen molar-refractivity contribution in [3.8, 4) is 5.75 Å². The molecule has 4 atom stereocenters. The van der Waals surface area contributed by atoms with Gasteiger partial charge in [0.25, 0.3) is 5.91 Å². The number of fused-ring (bicyclic) bond motifs is 2. The first kappa shape index (κ1) is 32.8. The molecule has 12 heteroatoms. The highest BCUT2D eigenvalue weighted by molar-refractivity contribution is 5.94. The Kier molecular flexibility index (Phi) is 10.9. The molecular formula is C30H45N5O7. The van der Waals surface area contributed by atoms with Crippen molar-refractivity contribution < 1.29 is 33.8 Å². The Labute approximate surface area is 247 Å². The number of nitrogens with one attached hydrogen (secondary N) is 3. The summed E-state index contributed by atoms with van der Waals surface area (Å²) < 4.78 is 5.73. The van der Waals surface area contributed by atoms with Gasteiger partial charge in [-0.15, -0.1) is 0 Å². The molecule has 4 N–H and O–H groups in total. The molecule has 0 aromatic heterocycles. The van der Waals surface area contributed by atoms with Crippen LogP contribution in [0.15, 0.2) is 24.3 Å². The van der Waals surface area contributed by atoms with Crippen molar-refractivity contribution in [3.63, 3.8) is 0 Å². The number of likely N-dealkylation sites (tertiary alicyclic amines) is 1. The zero-order valence-corrected chi connectivity index (χ0v) is 25.4. The summed E-state index contributed by atoms with van der Waals surface area (Å²) in [6, 6.07) is 4.18. The molecule has 1 aromatic carbocycles. The maximum absolute atomic E-state index is 13.5. The number of piperidine rings is 1. The second-order valence-corrected chi connectivity index (χ2v) is 12.0. The number of carbonyl (C=O) groups is 5. The molecule has 2 aliphatic heterocycles. The normalized spacial score (nSPS) is 25.4. The predicted octanol–water partition coefficient (Wildman–Crippen LogP) is 0.220. The molecule has 12 nitrogen and oxygen atoms in total. The van der Waals surface area contributed by atoms with Crippen molar-refractivity contribution in [3.05, 3.63) is 29.8 Å². The minimum absolute atomic E-state index is 0.0108. The maximum Gasteiger partial charge on any atom is 0.258 e. The number of hydrogen-bond acceptors (Lipinski definition) is 7. The molecule has 2 aliphatic rings. The molecule has 2 bridgehead atoms. The Morgan fingerprint density at radius 3 is 2.31 bits per heavy atom. The van der Waals surface area contributed by atoms with Crippen LogP contribution in [-0.2, 0) is 30.4 Å². The molecule has 1 aromatic rings. The third-order valence-corrected chi connectivity index (χ3v) is 8.37. The van der Waals surface area contributed by atoms with E-state index >= 15 is 0 Å². The van der Waals surface area contributed by atoms with Crippen molar-refractivity contribution >= 4 is 29.5 Å². The number of amides is 5. The van der Waals surface area contributed by atoms with Crippen molar-refractivity contribution in [2.45, 2.75) is 78.1 Å². The monoisotopic (exact) mass is 587 g/mol. The van der Waals surface area contributed by atoms with Gasteiger partial charge in [0.2, 0.25) is 23.6 Å². The summed E-state index contributed by atoms with van der Waals surface area (Å²) in [6.07, 6.45) is 0.700. The fraction of sp³-hybridized carbons (Fsp3) is 0.633. The third kappa shape index (κ3) is 8.21. The minimum atomic E-state index is -1.31. The second-order valence-electron chi connectivity index (χ2n) is 12.0. The lowest BCUT2D eigenvalue weighted by atomic mass is 9.73. The first-order valence-corrected chi connectivity index (χ1v) is 14.5. The number of likely N-dealkylation sites (N-methyl/N-ethyl adjacent to an activating group) is 1. The van der Waals surface area contributed by atoms with Crippen molar-refractivity contribution in [1.29, 1.82) is 0 Å². The summed E-state index contributed by atoms with van der Waals surface area (Å²) in [6.45, 7) is 9.17. The van der Waals surface area contributed by atoms with Crippen LogP contribution < -0.4 is 20.7 Å². The standard InChI is InChI=1S/C30H45N5O7/c1-18(2)25-28(40)31-17-30(10-12-35(13-11-30)21(5)37)15-22-8-7-9-23(14-22)42-16-24(38)32-26(20(4)36)29(41)34(6)19(3)27(39)33-25/h7-9,14,18-20,25-26,36H,10-13,15-17H2,1-6H3,(H,31,40)(H,32,38)(H,33,39)/t19-,20+,25+,26-/m0/s1. The van der Waals surface area contributed by atoms with Gasteiger partial charge in [-0.1, -0.05) is 26.0 Å². The van der Waals surface area contributed by atoms with E-state index in [9.17, 15) is 29.1 Å². The van der Waals surface area contributed by atoms with E-state index in [1.165, 1.54) is 20.9 Å². The maximum atomic E-state index is 13.5. The summed E-state index contributed by atoms with van der Waals surface area (Å²) in [5.74, 6) is -1.92. The van der Waals surface area contributed by atoms with Gasteiger partial charge in [-0.2, -0.15) is 0 Å². The zero-order valence-electron chi connectivity index (χ0n) is 25.4. The van der Waals surface area contributed by atoms with Crippen LogP contribution in [0.5, 0.6) is 5.75 Å². The lowest BCUT2D eigenvalue weighted by molar-refractivity contribution is -0.144. The number of hydrogen-bond donors (Lipinski definition) is 4. The number of benzene rings is 1. The molecule has 0 aliphatic carbocycles. The lowest BCUT2D eigenvalue weighted by Crippen LogP contribution is -2.59. The summed E-state index contributed by atoms with van der Waals surface area (Å²) in [5, 5.41) is 18.6. The third-order valence-electron chi connectivity index (χ3n) is 8.37. The largest absolute Gasteiger partial charge is 0.484 e. The molecule has 0 radical (unpaired) electrons. The Bertz CT molecular complexity index is 1160. The number of ether oxygens (including phenoxy) is 1. The van der Waals surface area contributed by atoms with Gasteiger partial charge in [-0.25, -0.2) is 0 Å². The molecule has 42 heavy (non-hydrogen) atoms. The molecule has 1 spiro atoms. The van der Waals surface area contributed by atoms with E-state index in [4.69, 9.17) is 4.74 Å². The Morgan fingerprint density at radius 1 is 1.05 bits per heavy atom. The fourth-order valence-electron chi connectivity index (χ4n) is 5.42. The van der Waals surface area contributed by atoms with E-state index in [0.717, 1.165) is 10.5 Å². The van der Waals surface area contributed by atoms with Crippen LogP contribution in [0.3, 0.4) is 0 Å². The van der Waals surface area contributed by atoms with Gasteiger partial charge < -0.3 is 35.6 Å². The number of carbonyl (C=O) groups excluding carboxylic acids is 5. The summed E-state index contributed by atoms with van der Waals surface area (Å²) in [5.41, 5.74) is 0.591. The summed E-state index contributed by atoms with van der Waals surface area (Å²) in [4.78, 5) is 67.6. The SMILES string of the molecule is CC(=O)N1CCC2(CC1)CNC(=O)[C@@H](C(C)C)NC(=O)[C@H](C)N(C)C(=O)[C@H]([C@@H](C)O)NC(=O)COc1cccc(c1)C2. The number of aliphatic hydroxyl groups is 1. The molecule has 0 unspecified atom stereocenters. The lowest BCUT2D eigenvalue weighted by Gasteiger charge is -2.42. The highest BCUT2D eigenvalue weighted by Crippen LogP contribution is 2.35. The number of rotatable bonds is 2. The summed E-state index contributed by atoms with van der Waals surface area (Å²) in [7, 11) is 1.40. The van der Waals surface area contributed by atoms with E-state index in [1.807, 2.05) is 32.0 Å². The van der Waals surface area contributed by atoms with Crippen molar-refractivity contribution in [1.82, 2.24) is 25.8 Å². The van der Waals surface area contributed by atoms with E-state index < -0.39 is 42.0 Å². The molecule has 5 amide bonds. The Morgan fingerprint density at radius 2 is 1.71 bits per heavy atom. The highest BCUT2D eigenvalue weighted by Gasteiger charge is 2.38. The second kappa shape index (κ2) is 14.0. The van der Waals surface area contributed by atoms with E-state index in [2.05, 4.69) is 16.0 Å². The average molecular weight is 588 g/mol. The number of nitrogens with zero attached hydrogens (tertiary/aromatic N) is 2. The van der Waals surface area contributed by atoms with Crippen LogP contribution in [0.1, 0.15) is 53.0 Å². The van der Waals surface area contributed by atoms with Crippen LogP contribution in [0.25, 0.3) is 0 Å². The van der Waals surface area contributed by atoms with Gasteiger partial charge in [-0.3, -0.25) is 24.0 Å². The van der Waals surface area contributed by atoms with Crippen molar-refractivity contribution in [2.24, 2.45) is 11.3 Å². The first-order valence-electron chi connectivity index (χ1n) is 14.5. The molecule has 1 saturated heterocycles. The minimum Gasteiger partial charge on any atom is -0.484 e. The topological polar surface area (TPSA) is 157 Å². The molecule has 232 valence electrons. The molecule has 2 heterocycles. The van der Waals surface area contributed by atoms with Gasteiger partial charge in [0.15, 0.2) is 6.61 Å².